The Morgan fingerprint density at radius 3 is 1.07 bits per heavy atom. The summed E-state index contributed by atoms with van der Waals surface area (Å²) in [7, 11) is 0. The normalized spacial score (nSPS) is 9.33. The molecule has 0 saturated carbocycles. The number of phenolic OH excluding ortho intramolecular Hbond substituents is 2. The van der Waals surface area contributed by atoms with Gasteiger partial charge in [-0.3, -0.25) is 0 Å². The predicted molar refractivity (Wildman–Crippen MR) is 62.4 cm³/mol. The van der Waals surface area contributed by atoms with Crippen LogP contribution in [-0.2, 0) is 0 Å². The van der Waals surface area contributed by atoms with Gasteiger partial charge in [0.2, 0.25) is 0 Å². The maximum absolute atomic E-state index is 9.11. The molecule has 2 aromatic carbocycles. The summed E-state index contributed by atoms with van der Waals surface area (Å²) in [4.78, 5) is 0. The van der Waals surface area contributed by atoms with Crippen LogP contribution in [0.5, 0.6) is 11.5 Å². The molecule has 0 aliphatic heterocycles. The van der Waals surface area contributed by atoms with E-state index in [2.05, 4.69) is 0 Å². The second kappa shape index (κ2) is 5.21. The molecular weight excluding hydrogens is 199 g/mol. The van der Waals surface area contributed by atoms with Gasteiger partial charge in [0.15, 0.2) is 0 Å². The fraction of sp³-hybridized carbons (Fsp3) is 0. The molecule has 0 unspecified atom stereocenters. The van der Waals surface area contributed by atoms with Crippen molar-refractivity contribution in [1.82, 2.24) is 0 Å². The molecule has 0 aromatic heterocycles. The van der Waals surface area contributed by atoms with Gasteiger partial charge in [0.1, 0.15) is 11.5 Å². The van der Waals surface area contributed by atoms with E-state index in [-0.39, 0.29) is 41.1 Å². The first-order chi connectivity index (χ1) is 6.75. The van der Waals surface area contributed by atoms with Gasteiger partial charge in [-0.2, -0.15) is 0 Å². The molecule has 0 amide bonds. The van der Waals surface area contributed by atoms with Crippen molar-refractivity contribution in [3.05, 3.63) is 48.5 Å². The molecule has 0 saturated heterocycles. The van der Waals surface area contributed by atoms with E-state index in [0.29, 0.717) is 0 Å². The zero-order chi connectivity index (χ0) is 9.97. The van der Waals surface area contributed by atoms with Crippen molar-refractivity contribution in [2.75, 3.05) is 0 Å². The van der Waals surface area contributed by atoms with Crippen LogP contribution in [0.1, 0.15) is 0 Å². The van der Waals surface area contributed by atoms with Crippen LogP contribution in [-0.4, -0.2) is 39.8 Å². The average molecular weight is 210 g/mol. The molecule has 0 fully saturated rings. The summed E-state index contributed by atoms with van der Waals surface area (Å²) < 4.78 is 0. The molecule has 72 valence electrons. The van der Waals surface area contributed by atoms with Crippen molar-refractivity contribution >= 4 is 29.6 Å². The predicted octanol–water partition coefficient (Wildman–Crippen LogP) is 2.12. The van der Waals surface area contributed by atoms with E-state index >= 15 is 0 Å². The number of hydrogen-bond donors (Lipinski definition) is 2. The van der Waals surface area contributed by atoms with Gasteiger partial charge in [0.25, 0.3) is 0 Å². The fourth-order valence-corrected chi connectivity index (χ4v) is 1.31. The van der Waals surface area contributed by atoms with Crippen LogP contribution in [0.25, 0.3) is 11.1 Å². The van der Waals surface area contributed by atoms with Crippen LogP contribution in [0.3, 0.4) is 0 Å². The summed E-state index contributed by atoms with van der Waals surface area (Å²) in [6, 6.07) is 13.9. The van der Waals surface area contributed by atoms with E-state index in [1.54, 1.807) is 24.3 Å². The van der Waals surface area contributed by atoms with E-state index in [9.17, 15) is 0 Å². The maximum atomic E-state index is 9.11. The van der Waals surface area contributed by atoms with E-state index in [1.807, 2.05) is 24.3 Å². The Kier molecular flexibility index (Phi) is 4.21. The summed E-state index contributed by atoms with van der Waals surface area (Å²) in [6.45, 7) is 0. The first kappa shape index (κ1) is 12.1. The molecule has 2 N–H and O–H groups in total. The summed E-state index contributed by atoms with van der Waals surface area (Å²) in [5.41, 5.74) is 2.03. The van der Waals surface area contributed by atoms with Crippen LogP contribution in [0, 0.1) is 0 Å². The third kappa shape index (κ3) is 2.99. The topological polar surface area (TPSA) is 40.5 Å². The molecular formula is C12H11NaO2. The number of benzene rings is 2. The van der Waals surface area contributed by atoms with E-state index in [1.165, 1.54) is 0 Å². The molecule has 0 heterocycles. The van der Waals surface area contributed by atoms with Crippen LogP contribution >= 0.6 is 0 Å². The molecule has 0 bridgehead atoms. The molecule has 3 heteroatoms. The van der Waals surface area contributed by atoms with E-state index < -0.39 is 0 Å². The third-order valence-electron chi connectivity index (χ3n) is 2.07. The minimum atomic E-state index is 0. The number of aromatic hydroxyl groups is 2. The molecule has 0 atom stereocenters. The monoisotopic (exact) mass is 210 g/mol. The zero-order valence-corrected chi connectivity index (χ0v) is 7.51. The van der Waals surface area contributed by atoms with Gasteiger partial charge in [0.05, 0.1) is 0 Å². The summed E-state index contributed by atoms with van der Waals surface area (Å²) in [5, 5.41) is 18.2. The van der Waals surface area contributed by atoms with E-state index in [0.717, 1.165) is 11.1 Å². The Labute approximate surface area is 110 Å². The van der Waals surface area contributed by atoms with Crippen molar-refractivity contribution in [3.8, 4) is 22.6 Å². The van der Waals surface area contributed by atoms with Gasteiger partial charge in [0, 0.05) is 0 Å². The molecule has 0 aliphatic rings. The minimum absolute atomic E-state index is 0. The standard InChI is InChI=1S/C12H10O2.Na.H/c13-11-5-1-9(2-6-11)10-3-7-12(14)8-4-10;;/h1-8,13-14H;;. The molecule has 0 aliphatic carbocycles. The molecule has 2 aromatic rings. The molecule has 0 radical (unpaired) electrons. The van der Waals surface area contributed by atoms with Gasteiger partial charge in [-0.25, -0.2) is 0 Å². The second-order valence-electron chi connectivity index (χ2n) is 3.09. The van der Waals surface area contributed by atoms with E-state index in [4.69, 9.17) is 10.2 Å². The fourth-order valence-electron chi connectivity index (χ4n) is 1.31. The van der Waals surface area contributed by atoms with Gasteiger partial charge in [-0.1, -0.05) is 24.3 Å². The second-order valence-corrected chi connectivity index (χ2v) is 3.09. The van der Waals surface area contributed by atoms with Crippen molar-refractivity contribution in [2.24, 2.45) is 0 Å². The molecule has 15 heavy (non-hydrogen) atoms. The number of rotatable bonds is 1. The average Bonchev–Trinajstić information content (AvgIpc) is 2.21. The number of phenols is 2. The summed E-state index contributed by atoms with van der Waals surface area (Å²) in [6.07, 6.45) is 0. The van der Waals surface area contributed by atoms with Crippen LogP contribution < -0.4 is 0 Å². The Morgan fingerprint density at radius 2 is 0.800 bits per heavy atom. The first-order valence-electron chi connectivity index (χ1n) is 4.34. The Bertz CT molecular complexity index is 377. The van der Waals surface area contributed by atoms with Gasteiger partial charge >= 0.3 is 29.6 Å². The summed E-state index contributed by atoms with van der Waals surface area (Å²) in [5.74, 6) is 0.514. The number of hydrogen-bond acceptors (Lipinski definition) is 2. The van der Waals surface area contributed by atoms with Gasteiger partial charge in [-0.05, 0) is 35.4 Å². The Morgan fingerprint density at radius 1 is 0.533 bits per heavy atom. The third-order valence-corrected chi connectivity index (χ3v) is 2.07. The zero-order valence-electron chi connectivity index (χ0n) is 7.51. The summed E-state index contributed by atoms with van der Waals surface area (Å²) >= 11 is 0. The van der Waals surface area contributed by atoms with Crippen molar-refractivity contribution in [2.45, 2.75) is 0 Å². The Hall–Kier alpha value is -0.960. The SMILES string of the molecule is Oc1ccc(-c2ccc(O)cc2)cc1.[NaH]. The molecule has 0 spiro atoms. The Balaban J connectivity index is 0.00000112. The first-order valence-corrected chi connectivity index (χ1v) is 4.34. The van der Waals surface area contributed by atoms with Crippen molar-refractivity contribution < 1.29 is 10.2 Å². The molecule has 2 rings (SSSR count). The van der Waals surface area contributed by atoms with Crippen molar-refractivity contribution in [1.29, 1.82) is 0 Å². The van der Waals surface area contributed by atoms with Crippen LogP contribution in [0.2, 0.25) is 0 Å². The van der Waals surface area contributed by atoms with Crippen LogP contribution in [0.15, 0.2) is 48.5 Å². The molecule has 2 nitrogen and oxygen atoms in total. The van der Waals surface area contributed by atoms with Crippen LogP contribution in [0.4, 0.5) is 0 Å². The van der Waals surface area contributed by atoms with Gasteiger partial charge < -0.3 is 10.2 Å². The van der Waals surface area contributed by atoms with Gasteiger partial charge in [-0.15, -0.1) is 0 Å². The van der Waals surface area contributed by atoms with Crippen molar-refractivity contribution in [3.63, 3.8) is 0 Å². The quantitative estimate of drug-likeness (QED) is 0.708.